The maximum atomic E-state index is 9.78. The molecule has 0 fully saturated rings. The van der Waals surface area contributed by atoms with E-state index in [0.29, 0.717) is 0 Å². The topological polar surface area (TPSA) is 32.3 Å². The minimum Gasteiger partial charge on any atom is -0.391 e. The second-order valence-electron chi connectivity index (χ2n) is 3.24. The van der Waals surface area contributed by atoms with Gasteiger partial charge in [0, 0.05) is 12.0 Å². The van der Waals surface area contributed by atoms with Crippen molar-refractivity contribution in [2.75, 3.05) is 7.05 Å². The third-order valence-corrected chi connectivity index (χ3v) is 2.35. The van der Waals surface area contributed by atoms with Gasteiger partial charge in [0.1, 0.15) is 0 Å². The fourth-order valence-corrected chi connectivity index (χ4v) is 1.35. The zero-order valence-electron chi connectivity index (χ0n) is 7.70. The van der Waals surface area contributed by atoms with E-state index in [-0.39, 0.29) is 18.1 Å². The number of allylic oxidation sites excluding steroid dienone is 2. The molecule has 2 unspecified atom stereocenters. The summed E-state index contributed by atoms with van der Waals surface area (Å²) in [6, 6.07) is 0.141. The lowest BCUT2D eigenvalue weighted by Crippen LogP contribution is -2.38. The highest BCUT2D eigenvalue weighted by molar-refractivity contribution is 5.11. The van der Waals surface area contributed by atoms with Gasteiger partial charge in [0.2, 0.25) is 0 Å². The molecule has 1 aliphatic rings. The predicted octanol–water partition coefficient (Wildman–Crippen LogP) is 1.09. The van der Waals surface area contributed by atoms with E-state index in [1.54, 1.807) is 0 Å². The minimum absolute atomic E-state index is 0.141. The summed E-state index contributed by atoms with van der Waals surface area (Å²) >= 11 is 0. The average Bonchev–Trinajstić information content (AvgIpc) is 2.17. The number of rotatable bonds is 3. The first-order valence-corrected chi connectivity index (χ1v) is 4.44. The molecule has 0 spiro atoms. The number of hydrogen-bond acceptors (Lipinski definition) is 2. The number of aliphatic hydroxyl groups excluding tert-OH is 1. The van der Waals surface area contributed by atoms with Crippen LogP contribution in [-0.4, -0.2) is 24.3 Å². The lowest BCUT2D eigenvalue weighted by molar-refractivity contribution is 0.113. The van der Waals surface area contributed by atoms with E-state index in [1.807, 2.05) is 14.0 Å². The molecule has 0 aromatic heterocycles. The van der Waals surface area contributed by atoms with Gasteiger partial charge in [-0.25, -0.2) is 0 Å². The van der Waals surface area contributed by atoms with Gasteiger partial charge in [-0.05, 0) is 20.4 Å². The Labute approximate surface area is 74.0 Å². The van der Waals surface area contributed by atoms with Gasteiger partial charge in [-0.1, -0.05) is 24.3 Å². The molecule has 0 aromatic rings. The molecule has 1 aliphatic carbocycles. The number of likely N-dealkylation sites (N-methyl/N-ethyl adjacent to an activating group) is 1. The van der Waals surface area contributed by atoms with Crippen LogP contribution in [0.5, 0.6) is 0 Å². The Kier molecular flexibility index (Phi) is 3.50. The normalized spacial score (nSPS) is 22.6. The van der Waals surface area contributed by atoms with Crippen LogP contribution in [0.3, 0.4) is 0 Å². The van der Waals surface area contributed by atoms with Gasteiger partial charge in [-0.15, -0.1) is 0 Å². The standard InChI is InChI=1S/C10H17NO/c1-8(11-2)10(12)9-6-4-3-5-7-9/h4-12H,3H2,1-2H3. The van der Waals surface area contributed by atoms with Crippen molar-refractivity contribution in [3.05, 3.63) is 24.3 Å². The molecule has 0 aliphatic heterocycles. The van der Waals surface area contributed by atoms with E-state index < -0.39 is 0 Å². The molecule has 0 bridgehead atoms. The predicted molar refractivity (Wildman–Crippen MR) is 50.9 cm³/mol. The highest BCUT2D eigenvalue weighted by Gasteiger charge is 2.19. The van der Waals surface area contributed by atoms with Crippen LogP contribution in [0, 0.1) is 5.92 Å². The first kappa shape index (κ1) is 9.49. The number of aliphatic hydroxyl groups is 1. The number of nitrogens with one attached hydrogen (secondary N) is 1. The zero-order chi connectivity index (χ0) is 8.97. The molecule has 2 atom stereocenters. The Morgan fingerprint density at radius 2 is 2.00 bits per heavy atom. The molecule has 68 valence electrons. The maximum absolute atomic E-state index is 9.78. The van der Waals surface area contributed by atoms with Gasteiger partial charge in [0.25, 0.3) is 0 Å². The average molecular weight is 167 g/mol. The molecular formula is C10H17NO. The Morgan fingerprint density at radius 3 is 2.50 bits per heavy atom. The van der Waals surface area contributed by atoms with Gasteiger partial charge >= 0.3 is 0 Å². The van der Waals surface area contributed by atoms with Crippen molar-refractivity contribution in [1.82, 2.24) is 5.32 Å². The molecule has 0 saturated carbocycles. The molecule has 0 heterocycles. The Morgan fingerprint density at radius 1 is 1.42 bits per heavy atom. The fourth-order valence-electron chi connectivity index (χ4n) is 1.35. The van der Waals surface area contributed by atoms with Crippen LogP contribution in [0.1, 0.15) is 13.3 Å². The molecule has 2 nitrogen and oxygen atoms in total. The second kappa shape index (κ2) is 4.43. The monoisotopic (exact) mass is 167 g/mol. The molecular weight excluding hydrogens is 150 g/mol. The van der Waals surface area contributed by atoms with Crippen molar-refractivity contribution in [2.24, 2.45) is 5.92 Å². The van der Waals surface area contributed by atoms with Crippen LogP contribution < -0.4 is 5.32 Å². The molecule has 2 heteroatoms. The molecule has 0 saturated heterocycles. The fraction of sp³-hybridized carbons (Fsp3) is 0.600. The smallest absolute Gasteiger partial charge is 0.0787 e. The van der Waals surface area contributed by atoms with E-state index in [1.165, 1.54) is 0 Å². The quantitative estimate of drug-likeness (QED) is 0.617. The highest BCUT2D eigenvalue weighted by Crippen LogP contribution is 2.15. The van der Waals surface area contributed by atoms with Gasteiger partial charge in [-0.2, -0.15) is 0 Å². The third-order valence-electron chi connectivity index (χ3n) is 2.35. The highest BCUT2D eigenvalue weighted by atomic mass is 16.3. The van der Waals surface area contributed by atoms with E-state index in [2.05, 4.69) is 29.6 Å². The largest absolute Gasteiger partial charge is 0.391 e. The summed E-state index contributed by atoms with van der Waals surface area (Å²) in [6.45, 7) is 1.99. The van der Waals surface area contributed by atoms with E-state index in [0.717, 1.165) is 6.42 Å². The van der Waals surface area contributed by atoms with Crippen molar-refractivity contribution in [3.8, 4) is 0 Å². The lowest BCUT2D eigenvalue weighted by Gasteiger charge is -2.24. The molecule has 2 N–H and O–H groups in total. The van der Waals surface area contributed by atoms with Crippen LogP contribution in [0.4, 0.5) is 0 Å². The molecule has 1 rings (SSSR count). The minimum atomic E-state index is -0.317. The van der Waals surface area contributed by atoms with Crippen LogP contribution in [0.15, 0.2) is 24.3 Å². The molecule has 0 radical (unpaired) electrons. The summed E-state index contributed by atoms with van der Waals surface area (Å²) in [5, 5.41) is 12.8. The lowest BCUT2D eigenvalue weighted by atomic mass is 9.93. The van der Waals surface area contributed by atoms with Gasteiger partial charge < -0.3 is 10.4 Å². The van der Waals surface area contributed by atoms with Crippen LogP contribution in [0.2, 0.25) is 0 Å². The van der Waals surface area contributed by atoms with Gasteiger partial charge in [-0.3, -0.25) is 0 Å². The van der Waals surface area contributed by atoms with Gasteiger partial charge in [0.15, 0.2) is 0 Å². The van der Waals surface area contributed by atoms with Crippen molar-refractivity contribution in [1.29, 1.82) is 0 Å². The third kappa shape index (κ3) is 2.19. The zero-order valence-corrected chi connectivity index (χ0v) is 7.70. The van der Waals surface area contributed by atoms with Crippen molar-refractivity contribution < 1.29 is 5.11 Å². The Balaban J connectivity index is 2.50. The maximum Gasteiger partial charge on any atom is 0.0787 e. The molecule has 0 amide bonds. The van der Waals surface area contributed by atoms with Gasteiger partial charge in [0.05, 0.1) is 6.10 Å². The summed E-state index contributed by atoms with van der Waals surface area (Å²) in [5.41, 5.74) is 0. The summed E-state index contributed by atoms with van der Waals surface area (Å²) in [4.78, 5) is 0. The molecule has 12 heavy (non-hydrogen) atoms. The van der Waals surface area contributed by atoms with Crippen molar-refractivity contribution in [2.45, 2.75) is 25.5 Å². The summed E-state index contributed by atoms with van der Waals surface area (Å²) < 4.78 is 0. The number of hydrogen-bond donors (Lipinski definition) is 2. The first-order valence-electron chi connectivity index (χ1n) is 4.44. The Hall–Kier alpha value is -0.600. The molecule has 0 aromatic carbocycles. The van der Waals surface area contributed by atoms with Crippen LogP contribution in [-0.2, 0) is 0 Å². The Bertz CT molecular complexity index is 174. The summed E-state index contributed by atoms with van der Waals surface area (Å²) in [6.07, 6.45) is 9.00. The summed E-state index contributed by atoms with van der Waals surface area (Å²) in [7, 11) is 1.87. The van der Waals surface area contributed by atoms with E-state index in [4.69, 9.17) is 0 Å². The van der Waals surface area contributed by atoms with Crippen LogP contribution in [0.25, 0.3) is 0 Å². The van der Waals surface area contributed by atoms with E-state index in [9.17, 15) is 5.11 Å². The van der Waals surface area contributed by atoms with E-state index >= 15 is 0 Å². The second-order valence-corrected chi connectivity index (χ2v) is 3.24. The first-order chi connectivity index (χ1) is 5.75. The summed E-state index contributed by atoms with van der Waals surface area (Å²) in [5.74, 6) is 0.182. The van der Waals surface area contributed by atoms with Crippen molar-refractivity contribution >= 4 is 0 Å². The SMILES string of the molecule is CNC(C)C(O)C1C=CCC=C1. The van der Waals surface area contributed by atoms with Crippen LogP contribution >= 0.6 is 0 Å². The van der Waals surface area contributed by atoms with Crippen molar-refractivity contribution in [3.63, 3.8) is 0 Å².